The first kappa shape index (κ1) is 11.0. The summed E-state index contributed by atoms with van der Waals surface area (Å²) in [5, 5.41) is 0. The van der Waals surface area contributed by atoms with Crippen molar-refractivity contribution in [1.29, 1.82) is 0 Å². The number of aromatic nitrogens is 2. The van der Waals surface area contributed by atoms with E-state index >= 15 is 0 Å². The third kappa shape index (κ3) is 2.05. The number of nitrogens with two attached hydrogens (primary N) is 1. The minimum Gasteiger partial charge on any atom is -0.377 e. The van der Waals surface area contributed by atoms with Gasteiger partial charge in [-0.15, -0.1) is 0 Å². The van der Waals surface area contributed by atoms with Gasteiger partial charge in [-0.05, 0) is 6.92 Å². The summed E-state index contributed by atoms with van der Waals surface area (Å²) in [6.45, 7) is 3.70. The quantitative estimate of drug-likeness (QED) is 0.552. The second kappa shape index (κ2) is 4.58. The zero-order valence-electron chi connectivity index (χ0n) is 8.98. The molecule has 88 valence electrons. The van der Waals surface area contributed by atoms with Gasteiger partial charge >= 0.3 is 0 Å². The van der Waals surface area contributed by atoms with Crippen LogP contribution >= 0.6 is 0 Å². The lowest BCUT2D eigenvalue weighted by molar-refractivity contribution is 0.0981. The van der Waals surface area contributed by atoms with Crippen LogP contribution in [0.3, 0.4) is 0 Å². The number of halogens is 1. The number of morpholine rings is 1. The molecule has 2 rings (SSSR count). The van der Waals surface area contributed by atoms with E-state index in [1.807, 2.05) is 11.8 Å². The molecule has 1 atom stereocenters. The Morgan fingerprint density at radius 1 is 1.69 bits per heavy atom. The van der Waals surface area contributed by atoms with E-state index in [1.165, 1.54) is 0 Å². The van der Waals surface area contributed by atoms with Crippen molar-refractivity contribution >= 4 is 11.8 Å². The minimum absolute atomic E-state index is 0.0868. The number of nitrogens with zero attached hydrogens (tertiary/aromatic N) is 3. The Kier molecular flexibility index (Phi) is 3.16. The predicted molar refractivity (Wildman–Crippen MR) is 57.4 cm³/mol. The molecule has 1 saturated heterocycles. The van der Waals surface area contributed by atoms with Crippen molar-refractivity contribution in [2.75, 3.05) is 30.1 Å². The zero-order chi connectivity index (χ0) is 11.5. The van der Waals surface area contributed by atoms with E-state index < -0.39 is 5.82 Å². The largest absolute Gasteiger partial charge is 0.377 e. The second-order valence-corrected chi connectivity index (χ2v) is 3.63. The highest BCUT2D eigenvalue weighted by molar-refractivity contribution is 5.44. The summed E-state index contributed by atoms with van der Waals surface area (Å²) in [5.41, 5.74) is 2.30. The standard InChI is InChI=1S/C9H14FN5O/c1-6-5-16-3-2-15(6)8-7(10)4-12-9(13-8)14-11/h4,6H,2-3,5,11H2,1H3,(H,12,13,14). The summed E-state index contributed by atoms with van der Waals surface area (Å²) in [7, 11) is 0. The number of anilines is 2. The highest BCUT2D eigenvalue weighted by atomic mass is 19.1. The van der Waals surface area contributed by atoms with Crippen LogP contribution in [0.1, 0.15) is 6.92 Å². The lowest BCUT2D eigenvalue weighted by Gasteiger charge is -2.34. The van der Waals surface area contributed by atoms with Crippen molar-refractivity contribution in [2.24, 2.45) is 5.84 Å². The van der Waals surface area contributed by atoms with Crippen LogP contribution < -0.4 is 16.2 Å². The van der Waals surface area contributed by atoms with E-state index in [1.54, 1.807) is 0 Å². The van der Waals surface area contributed by atoms with Crippen LogP contribution in [0.2, 0.25) is 0 Å². The predicted octanol–water partition coefficient (Wildman–Crippen LogP) is 0.126. The van der Waals surface area contributed by atoms with E-state index in [-0.39, 0.29) is 17.8 Å². The maximum Gasteiger partial charge on any atom is 0.239 e. The molecule has 1 aromatic rings. The Labute approximate surface area is 92.6 Å². The summed E-state index contributed by atoms with van der Waals surface area (Å²) in [6.07, 6.45) is 1.11. The molecular weight excluding hydrogens is 213 g/mol. The van der Waals surface area contributed by atoms with Crippen LogP contribution in [-0.2, 0) is 4.74 Å². The maximum atomic E-state index is 13.6. The van der Waals surface area contributed by atoms with E-state index in [9.17, 15) is 4.39 Å². The van der Waals surface area contributed by atoms with Gasteiger partial charge in [0.25, 0.3) is 0 Å². The van der Waals surface area contributed by atoms with Crippen molar-refractivity contribution in [3.05, 3.63) is 12.0 Å². The molecule has 0 spiro atoms. The molecule has 16 heavy (non-hydrogen) atoms. The summed E-state index contributed by atoms with van der Waals surface area (Å²) in [6, 6.07) is 0.0868. The molecule has 2 heterocycles. The summed E-state index contributed by atoms with van der Waals surface area (Å²) < 4.78 is 18.9. The molecule has 1 fully saturated rings. The molecule has 3 N–H and O–H groups in total. The lowest BCUT2D eigenvalue weighted by Crippen LogP contribution is -2.44. The summed E-state index contributed by atoms with van der Waals surface area (Å²) in [4.78, 5) is 9.56. The van der Waals surface area contributed by atoms with Gasteiger partial charge in [0.1, 0.15) is 0 Å². The lowest BCUT2D eigenvalue weighted by atomic mass is 10.2. The highest BCUT2D eigenvalue weighted by Crippen LogP contribution is 2.21. The van der Waals surface area contributed by atoms with Crippen molar-refractivity contribution in [2.45, 2.75) is 13.0 Å². The summed E-state index contributed by atoms with van der Waals surface area (Å²) in [5.74, 6) is 5.21. The van der Waals surface area contributed by atoms with Crippen molar-refractivity contribution in [3.63, 3.8) is 0 Å². The topological polar surface area (TPSA) is 76.3 Å². The number of hydrazine groups is 1. The van der Waals surface area contributed by atoms with Gasteiger partial charge in [0, 0.05) is 6.54 Å². The first-order chi connectivity index (χ1) is 7.72. The van der Waals surface area contributed by atoms with Crippen LogP contribution in [-0.4, -0.2) is 35.8 Å². The van der Waals surface area contributed by atoms with Gasteiger partial charge in [-0.1, -0.05) is 0 Å². The van der Waals surface area contributed by atoms with E-state index in [2.05, 4.69) is 15.4 Å². The second-order valence-electron chi connectivity index (χ2n) is 3.63. The van der Waals surface area contributed by atoms with Gasteiger partial charge in [-0.3, -0.25) is 5.43 Å². The highest BCUT2D eigenvalue weighted by Gasteiger charge is 2.23. The van der Waals surface area contributed by atoms with Crippen molar-refractivity contribution in [1.82, 2.24) is 9.97 Å². The van der Waals surface area contributed by atoms with Gasteiger partial charge in [0.15, 0.2) is 11.6 Å². The normalized spacial score (nSPS) is 20.9. The van der Waals surface area contributed by atoms with E-state index in [0.29, 0.717) is 19.8 Å². The van der Waals surface area contributed by atoms with Crippen molar-refractivity contribution < 1.29 is 9.13 Å². The molecule has 0 amide bonds. The molecule has 0 bridgehead atoms. The fraction of sp³-hybridized carbons (Fsp3) is 0.556. The van der Waals surface area contributed by atoms with Gasteiger partial charge in [0.05, 0.1) is 25.5 Å². The molecule has 0 aliphatic carbocycles. The van der Waals surface area contributed by atoms with Gasteiger partial charge in [0.2, 0.25) is 5.95 Å². The van der Waals surface area contributed by atoms with Crippen LogP contribution in [0.4, 0.5) is 16.2 Å². The number of hydrogen-bond donors (Lipinski definition) is 2. The first-order valence-corrected chi connectivity index (χ1v) is 5.06. The van der Waals surface area contributed by atoms with Gasteiger partial charge in [-0.25, -0.2) is 15.2 Å². The molecule has 1 aromatic heterocycles. The Bertz CT molecular complexity index is 375. The third-order valence-corrected chi connectivity index (χ3v) is 2.49. The molecule has 1 aliphatic heterocycles. The van der Waals surface area contributed by atoms with E-state index in [4.69, 9.17) is 10.6 Å². The number of nitrogens with one attached hydrogen (secondary N) is 1. The molecule has 0 aromatic carbocycles. The molecule has 6 nitrogen and oxygen atoms in total. The fourth-order valence-electron chi connectivity index (χ4n) is 1.67. The average Bonchev–Trinajstić information content (AvgIpc) is 2.31. The Hall–Kier alpha value is -1.47. The molecule has 1 unspecified atom stereocenters. The average molecular weight is 227 g/mol. The van der Waals surface area contributed by atoms with Crippen LogP contribution in [0.5, 0.6) is 0 Å². The van der Waals surface area contributed by atoms with Crippen LogP contribution in [0.25, 0.3) is 0 Å². The van der Waals surface area contributed by atoms with Gasteiger partial charge in [-0.2, -0.15) is 4.98 Å². The van der Waals surface area contributed by atoms with Crippen LogP contribution in [0.15, 0.2) is 6.20 Å². The monoisotopic (exact) mass is 227 g/mol. The minimum atomic E-state index is -0.451. The number of rotatable bonds is 2. The molecule has 0 saturated carbocycles. The zero-order valence-corrected chi connectivity index (χ0v) is 8.98. The summed E-state index contributed by atoms with van der Waals surface area (Å²) >= 11 is 0. The van der Waals surface area contributed by atoms with Crippen molar-refractivity contribution in [3.8, 4) is 0 Å². The molecule has 7 heteroatoms. The third-order valence-electron chi connectivity index (χ3n) is 2.49. The smallest absolute Gasteiger partial charge is 0.239 e. The van der Waals surface area contributed by atoms with E-state index in [0.717, 1.165) is 6.20 Å². The fourth-order valence-corrected chi connectivity index (χ4v) is 1.67. The molecular formula is C9H14FN5O. The number of ether oxygens (including phenoxy) is 1. The number of nitrogen functional groups attached to an aromatic ring is 1. The van der Waals surface area contributed by atoms with Gasteiger partial charge < -0.3 is 9.64 Å². The van der Waals surface area contributed by atoms with Crippen LogP contribution in [0, 0.1) is 5.82 Å². The Morgan fingerprint density at radius 3 is 3.19 bits per heavy atom. The Morgan fingerprint density at radius 2 is 2.50 bits per heavy atom. The maximum absolute atomic E-state index is 13.6. The molecule has 0 radical (unpaired) electrons. The molecule has 1 aliphatic rings. The first-order valence-electron chi connectivity index (χ1n) is 5.06. The SMILES string of the molecule is CC1COCCN1c1nc(NN)ncc1F. The Balaban J connectivity index is 2.30. The number of hydrogen-bond acceptors (Lipinski definition) is 6.